The lowest BCUT2D eigenvalue weighted by Gasteiger charge is -2.23. The minimum atomic E-state index is 0.00459. The van der Waals surface area contributed by atoms with E-state index in [9.17, 15) is 0 Å². The van der Waals surface area contributed by atoms with E-state index < -0.39 is 0 Å². The molecule has 0 aliphatic carbocycles. The van der Waals surface area contributed by atoms with Crippen molar-refractivity contribution < 1.29 is 4.42 Å². The summed E-state index contributed by atoms with van der Waals surface area (Å²) >= 11 is 0. The van der Waals surface area contributed by atoms with E-state index in [1.165, 1.54) is 5.56 Å². The van der Waals surface area contributed by atoms with E-state index in [1.54, 1.807) is 6.26 Å². The van der Waals surface area contributed by atoms with E-state index in [2.05, 4.69) is 55.7 Å². The normalized spacial score (nSPS) is 12.2. The summed E-state index contributed by atoms with van der Waals surface area (Å²) in [6.45, 7) is 8.89. The number of hydrogen-bond donors (Lipinski definition) is 2. The van der Waals surface area contributed by atoms with Gasteiger partial charge in [0.15, 0.2) is 5.96 Å². The lowest BCUT2D eigenvalue weighted by molar-refractivity contribution is 0.506. The van der Waals surface area contributed by atoms with Crippen molar-refractivity contribution in [3.05, 3.63) is 60.1 Å². The zero-order valence-corrected chi connectivity index (χ0v) is 14.3. The van der Waals surface area contributed by atoms with Gasteiger partial charge in [-0.15, -0.1) is 0 Å². The summed E-state index contributed by atoms with van der Waals surface area (Å²) in [5, 5.41) is 6.66. The van der Waals surface area contributed by atoms with Gasteiger partial charge in [0.25, 0.3) is 0 Å². The van der Waals surface area contributed by atoms with Crippen LogP contribution in [0.1, 0.15) is 32.1 Å². The van der Waals surface area contributed by atoms with E-state index in [0.29, 0.717) is 0 Å². The van der Waals surface area contributed by atoms with Gasteiger partial charge in [0, 0.05) is 24.9 Å². The molecule has 4 heteroatoms. The zero-order valence-electron chi connectivity index (χ0n) is 14.3. The van der Waals surface area contributed by atoms with Crippen molar-refractivity contribution in [2.45, 2.75) is 32.6 Å². The summed E-state index contributed by atoms with van der Waals surface area (Å²) in [4.78, 5) is 4.74. The van der Waals surface area contributed by atoms with E-state index in [1.807, 2.05) is 18.2 Å². The quantitative estimate of drug-likeness (QED) is 0.609. The lowest BCUT2D eigenvalue weighted by Crippen LogP contribution is -2.39. The SMILES string of the molecule is CCNC(=NCC(C)(C)c1ccccc1)NCCc1ccco1. The first-order chi connectivity index (χ1) is 11.1. The van der Waals surface area contributed by atoms with Crippen molar-refractivity contribution in [1.82, 2.24) is 10.6 Å². The first-order valence-electron chi connectivity index (χ1n) is 8.22. The molecule has 0 radical (unpaired) electrons. The summed E-state index contributed by atoms with van der Waals surface area (Å²) in [6.07, 6.45) is 2.55. The number of aliphatic imine (C=N–C) groups is 1. The van der Waals surface area contributed by atoms with Gasteiger partial charge < -0.3 is 15.1 Å². The molecule has 0 saturated heterocycles. The highest BCUT2D eigenvalue weighted by atomic mass is 16.3. The van der Waals surface area contributed by atoms with Crippen LogP contribution in [0.5, 0.6) is 0 Å². The lowest BCUT2D eigenvalue weighted by atomic mass is 9.85. The fourth-order valence-electron chi connectivity index (χ4n) is 2.36. The van der Waals surface area contributed by atoms with Gasteiger partial charge >= 0.3 is 0 Å². The molecule has 4 nitrogen and oxygen atoms in total. The standard InChI is InChI=1S/C19H27N3O/c1-4-20-18(21-13-12-17-11-8-14-23-17)22-15-19(2,3)16-9-6-5-7-10-16/h5-11,14H,4,12-13,15H2,1-3H3,(H2,20,21,22). The van der Waals surface area contributed by atoms with Crippen molar-refractivity contribution in [1.29, 1.82) is 0 Å². The second kappa shape index (κ2) is 8.42. The van der Waals surface area contributed by atoms with Crippen molar-refractivity contribution in [2.75, 3.05) is 19.6 Å². The van der Waals surface area contributed by atoms with Gasteiger partial charge in [-0.1, -0.05) is 44.2 Å². The minimum absolute atomic E-state index is 0.00459. The molecule has 0 atom stereocenters. The van der Waals surface area contributed by atoms with E-state index in [4.69, 9.17) is 9.41 Å². The van der Waals surface area contributed by atoms with Crippen molar-refractivity contribution in [2.24, 2.45) is 4.99 Å². The van der Waals surface area contributed by atoms with Crippen molar-refractivity contribution >= 4 is 5.96 Å². The second-order valence-electron chi connectivity index (χ2n) is 6.20. The first kappa shape index (κ1) is 17.1. The zero-order chi connectivity index (χ0) is 16.5. The molecular weight excluding hydrogens is 286 g/mol. The molecule has 124 valence electrons. The Morgan fingerprint density at radius 2 is 1.87 bits per heavy atom. The molecule has 1 heterocycles. The van der Waals surface area contributed by atoms with Crippen LogP contribution in [0, 0.1) is 0 Å². The molecule has 0 aliphatic rings. The number of hydrogen-bond acceptors (Lipinski definition) is 2. The molecule has 1 aromatic carbocycles. The number of nitrogens with one attached hydrogen (secondary N) is 2. The predicted octanol–water partition coefficient (Wildman–Crippen LogP) is 3.36. The molecule has 0 fully saturated rings. The van der Waals surface area contributed by atoms with E-state index in [-0.39, 0.29) is 5.41 Å². The van der Waals surface area contributed by atoms with E-state index >= 15 is 0 Å². The Kier molecular flexibility index (Phi) is 6.27. The highest BCUT2D eigenvalue weighted by Gasteiger charge is 2.19. The van der Waals surface area contributed by atoms with Gasteiger partial charge in [-0.25, -0.2) is 0 Å². The molecule has 23 heavy (non-hydrogen) atoms. The third kappa shape index (κ3) is 5.47. The average Bonchev–Trinajstić information content (AvgIpc) is 3.07. The van der Waals surface area contributed by atoms with Gasteiger partial charge in [-0.05, 0) is 24.6 Å². The molecule has 0 saturated carbocycles. The third-order valence-corrected chi connectivity index (χ3v) is 3.78. The number of furan rings is 1. The highest BCUT2D eigenvalue weighted by Crippen LogP contribution is 2.22. The van der Waals surface area contributed by atoms with Crippen LogP contribution >= 0.6 is 0 Å². The Morgan fingerprint density at radius 3 is 2.52 bits per heavy atom. The Bertz CT molecular complexity index is 588. The molecule has 1 aromatic heterocycles. The highest BCUT2D eigenvalue weighted by molar-refractivity contribution is 5.79. The fourth-order valence-corrected chi connectivity index (χ4v) is 2.36. The average molecular weight is 313 g/mol. The molecule has 0 aliphatic heterocycles. The molecule has 2 rings (SSSR count). The third-order valence-electron chi connectivity index (χ3n) is 3.78. The van der Waals surface area contributed by atoms with Crippen LogP contribution in [0.15, 0.2) is 58.1 Å². The van der Waals surface area contributed by atoms with Crippen molar-refractivity contribution in [3.63, 3.8) is 0 Å². The Hall–Kier alpha value is -2.23. The number of guanidine groups is 1. The summed E-state index contributed by atoms with van der Waals surface area (Å²) in [6, 6.07) is 14.4. The van der Waals surface area contributed by atoms with Crippen LogP contribution in [-0.2, 0) is 11.8 Å². The number of benzene rings is 1. The summed E-state index contributed by atoms with van der Waals surface area (Å²) in [7, 11) is 0. The van der Waals surface area contributed by atoms with Gasteiger partial charge in [-0.2, -0.15) is 0 Å². The van der Waals surface area contributed by atoms with Gasteiger partial charge in [0.05, 0.1) is 12.8 Å². The van der Waals surface area contributed by atoms with Crippen LogP contribution < -0.4 is 10.6 Å². The largest absolute Gasteiger partial charge is 0.469 e. The second-order valence-corrected chi connectivity index (χ2v) is 6.20. The first-order valence-corrected chi connectivity index (χ1v) is 8.22. The molecule has 0 unspecified atom stereocenters. The summed E-state index contributed by atoms with van der Waals surface area (Å²) in [5.41, 5.74) is 1.31. The topological polar surface area (TPSA) is 49.6 Å². The van der Waals surface area contributed by atoms with Gasteiger partial charge in [0.2, 0.25) is 0 Å². The molecule has 2 aromatic rings. The minimum Gasteiger partial charge on any atom is -0.469 e. The van der Waals surface area contributed by atoms with E-state index in [0.717, 1.165) is 37.8 Å². The summed E-state index contributed by atoms with van der Waals surface area (Å²) < 4.78 is 5.35. The van der Waals surface area contributed by atoms with Crippen LogP contribution in [-0.4, -0.2) is 25.6 Å². The maximum atomic E-state index is 5.35. The maximum absolute atomic E-state index is 5.35. The molecule has 2 N–H and O–H groups in total. The fraction of sp³-hybridized carbons (Fsp3) is 0.421. The molecule has 0 bridgehead atoms. The van der Waals surface area contributed by atoms with Crippen LogP contribution in [0.25, 0.3) is 0 Å². The Labute approximate surface area is 139 Å². The smallest absolute Gasteiger partial charge is 0.191 e. The molecular formula is C19H27N3O. The molecule has 0 amide bonds. The van der Waals surface area contributed by atoms with Crippen molar-refractivity contribution in [3.8, 4) is 0 Å². The summed E-state index contributed by atoms with van der Waals surface area (Å²) in [5.74, 6) is 1.83. The predicted molar refractivity (Wildman–Crippen MR) is 95.9 cm³/mol. The van der Waals surface area contributed by atoms with Crippen LogP contribution in [0.2, 0.25) is 0 Å². The Balaban J connectivity index is 1.92. The molecule has 0 spiro atoms. The van der Waals surface area contributed by atoms with Crippen LogP contribution in [0.3, 0.4) is 0 Å². The Morgan fingerprint density at radius 1 is 1.09 bits per heavy atom. The van der Waals surface area contributed by atoms with Gasteiger partial charge in [-0.3, -0.25) is 4.99 Å². The number of nitrogens with zero attached hydrogens (tertiary/aromatic N) is 1. The number of rotatable bonds is 7. The monoisotopic (exact) mass is 313 g/mol. The maximum Gasteiger partial charge on any atom is 0.191 e. The van der Waals surface area contributed by atoms with Crippen LogP contribution in [0.4, 0.5) is 0 Å². The van der Waals surface area contributed by atoms with Gasteiger partial charge in [0.1, 0.15) is 5.76 Å².